The highest BCUT2D eigenvalue weighted by atomic mass is 32.1. The highest BCUT2D eigenvalue weighted by Crippen LogP contribution is 2.35. The molecule has 156 valence electrons. The van der Waals surface area contributed by atoms with Gasteiger partial charge in [0.2, 0.25) is 5.91 Å². The minimum atomic E-state index is -0.989. The van der Waals surface area contributed by atoms with Crippen molar-refractivity contribution in [2.24, 2.45) is 0 Å². The predicted molar refractivity (Wildman–Crippen MR) is 115 cm³/mol. The zero-order valence-corrected chi connectivity index (χ0v) is 17.8. The van der Waals surface area contributed by atoms with Gasteiger partial charge in [0.25, 0.3) is 5.91 Å². The van der Waals surface area contributed by atoms with Crippen LogP contribution in [0.25, 0.3) is 11.5 Å². The molecule has 0 saturated heterocycles. The number of nitrogens with one attached hydrogen (secondary N) is 1. The summed E-state index contributed by atoms with van der Waals surface area (Å²) < 4.78 is 7.51. The van der Waals surface area contributed by atoms with Crippen LogP contribution in [0.2, 0.25) is 0 Å². The quantitative estimate of drug-likeness (QED) is 0.666. The van der Waals surface area contributed by atoms with Gasteiger partial charge in [0.1, 0.15) is 17.0 Å². The Labute approximate surface area is 179 Å². The van der Waals surface area contributed by atoms with Crippen molar-refractivity contribution in [1.82, 2.24) is 14.8 Å². The number of fused-ring (bicyclic) bond motifs is 1. The lowest BCUT2D eigenvalue weighted by atomic mass is 9.94. The summed E-state index contributed by atoms with van der Waals surface area (Å²) in [6, 6.07) is 11.6. The summed E-state index contributed by atoms with van der Waals surface area (Å²) in [4.78, 5) is 29.9. The minimum Gasteiger partial charge on any atom is -0.463 e. The third kappa shape index (κ3) is 3.17. The Kier molecular flexibility index (Phi) is 4.77. The van der Waals surface area contributed by atoms with E-state index in [0.29, 0.717) is 24.5 Å². The molecule has 0 aromatic carbocycles. The average molecular weight is 424 g/mol. The molecule has 1 aliphatic carbocycles. The summed E-state index contributed by atoms with van der Waals surface area (Å²) in [7, 11) is 0. The van der Waals surface area contributed by atoms with Gasteiger partial charge in [-0.15, -0.1) is 11.3 Å². The van der Waals surface area contributed by atoms with Crippen LogP contribution in [-0.4, -0.2) is 32.9 Å². The van der Waals surface area contributed by atoms with E-state index in [4.69, 9.17) is 4.42 Å². The van der Waals surface area contributed by atoms with Crippen molar-refractivity contribution < 1.29 is 14.0 Å². The van der Waals surface area contributed by atoms with Crippen molar-refractivity contribution in [2.75, 3.05) is 0 Å². The second kappa shape index (κ2) is 7.47. The number of amides is 2. The molecular formula is C23H25N3O3S. The van der Waals surface area contributed by atoms with Crippen LogP contribution in [-0.2, 0) is 17.9 Å². The molecule has 3 aromatic heterocycles. The summed E-state index contributed by atoms with van der Waals surface area (Å²) >= 11 is 1.60. The Morgan fingerprint density at radius 1 is 1.20 bits per heavy atom. The second-order valence-electron chi connectivity index (χ2n) is 8.37. The van der Waals surface area contributed by atoms with Gasteiger partial charge in [0.05, 0.1) is 25.0 Å². The van der Waals surface area contributed by atoms with E-state index >= 15 is 0 Å². The monoisotopic (exact) mass is 423 g/mol. The number of nitrogens with zero attached hydrogens (tertiary/aromatic N) is 2. The zero-order valence-electron chi connectivity index (χ0n) is 17.0. The molecule has 7 heteroatoms. The molecule has 3 aromatic rings. The summed E-state index contributed by atoms with van der Waals surface area (Å²) in [5.41, 5.74) is 0.417. The van der Waals surface area contributed by atoms with Crippen molar-refractivity contribution in [2.45, 2.75) is 57.3 Å². The van der Waals surface area contributed by atoms with E-state index < -0.39 is 5.54 Å². The fourth-order valence-electron chi connectivity index (χ4n) is 4.63. The highest BCUT2D eigenvalue weighted by molar-refractivity contribution is 7.09. The van der Waals surface area contributed by atoms with E-state index in [9.17, 15) is 9.59 Å². The first kappa shape index (κ1) is 19.2. The van der Waals surface area contributed by atoms with Crippen LogP contribution < -0.4 is 5.32 Å². The lowest BCUT2D eigenvalue weighted by molar-refractivity contribution is -0.133. The third-order valence-electron chi connectivity index (χ3n) is 6.35. The Morgan fingerprint density at radius 2 is 2.00 bits per heavy atom. The minimum absolute atomic E-state index is 0.0796. The van der Waals surface area contributed by atoms with Gasteiger partial charge in [-0.3, -0.25) is 9.59 Å². The topological polar surface area (TPSA) is 67.5 Å². The molecule has 0 bridgehead atoms. The lowest BCUT2D eigenvalue weighted by Gasteiger charge is -2.44. The van der Waals surface area contributed by atoms with Gasteiger partial charge in [-0.25, -0.2) is 0 Å². The maximum absolute atomic E-state index is 13.6. The summed E-state index contributed by atoms with van der Waals surface area (Å²) in [5, 5.41) is 5.23. The SMILES string of the molecule is CC1(C(=O)NC2CCCC2)Cn2c(ccc2-c2ccco2)C(=O)N1Cc1cccs1. The Bertz CT molecular complexity index is 1050. The van der Waals surface area contributed by atoms with E-state index in [2.05, 4.69) is 5.32 Å². The number of carbonyl (C=O) groups excluding carboxylic acids is 2. The fourth-order valence-corrected chi connectivity index (χ4v) is 5.32. The van der Waals surface area contributed by atoms with Crippen molar-refractivity contribution in [3.8, 4) is 11.5 Å². The van der Waals surface area contributed by atoms with E-state index in [1.165, 1.54) is 0 Å². The van der Waals surface area contributed by atoms with Crippen LogP contribution in [0.3, 0.4) is 0 Å². The standard InChI is InChI=1S/C23H25N3O3S/c1-23(22(28)24-16-6-2-3-7-16)15-25-18(20-9-4-12-29-20)10-11-19(25)21(27)26(23)14-17-8-5-13-30-17/h4-5,8-13,16H,2-3,6-7,14-15H2,1H3,(H,24,28). The van der Waals surface area contributed by atoms with Crippen LogP contribution in [0.5, 0.6) is 0 Å². The largest absolute Gasteiger partial charge is 0.463 e. The second-order valence-corrected chi connectivity index (χ2v) is 9.40. The lowest BCUT2D eigenvalue weighted by Crippen LogP contribution is -2.64. The Balaban J connectivity index is 1.54. The molecule has 30 heavy (non-hydrogen) atoms. The van der Waals surface area contributed by atoms with Crippen LogP contribution >= 0.6 is 11.3 Å². The highest BCUT2D eigenvalue weighted by Gasteiger charge is 2.48. The molecule has 1 N–H and O–H groups in total. The number of thiophene rings is 1. The van der Waals surface area contributed by atoms with Gasteiger partial charge >= 0.3 is 0 Å². The van der Waals surface area contributed by atoms with E-state index in [1.807, 2.05) is 53.3 Å². The maximum Gasteiger partial charge on any atom is 0.271 e. The molecule has 5 rings (SSSR count). The number of hydrogen-bond acceptors (Lipinski definition) is 4. The number of rotatable bonds is 5. The van der Waals surface area contributed by atoms with Gasteiger partial charge in [0.15, 0.2) is 0 Å². The molecule has 2 aliphatic rings. The summed E-state index contributed by atoms with van der Waals surface area (Å²) in [6.45, 7) is 2.70. The molecule has 0 radical (unpaired) electrons. The molecule has 4 heterocycles. The number of aromatic nitrogens is 1. The zero-order chi connectivity index (χ0) is 20.7. The fraction of sp³-hybridized carbons (Fsp3) is 0.391. The normalized spacial score (nSPS) is 21.8. The maximum atomic E-state index is 13.6. The predicted octanol–water partition coefficient (Wildman–Crippen LogP) is 4.28. The van der Waals surface area contributed by atoms with Gasteiger partial charge in [-0.05, 0) is 55.5 Å². The van der Waals surface area contributed by atoms with Gasteiger partial charge in [-0.1, -0.05) is 18.9 Å². The molecule has 1 aliphatic heterocycles. The summed E-state index contributed by atoms with van der Waals surface area (Å²) in [5.74, 6) is 0.486. The molecule has 1 unspecified atom stereocenters. The smallest absolute Gasteiger partial charge is 0.271 e. The Hall–Kier alpha value is -2.80. The molecule has 0 spiro atoms. The van der Waals surface area contributed by atoms with Gasteiger partial charge < -0.3 is 19.2 Å². The molecular weight excluding hydrogens is 398 g/mol. The van der Waals surface area contributed by atoms with Gasteiger partial charge in [-0.2, -0.15) is 0 Å². The van der Waals surface area contributed by atoms with Crippen LogP contribution in [0.1, 0.15) is 48.0 Å². The number of furan rings is 1. The number of hydrogen-bond donors (Lipinski definition) is 1. The van der Waals surface area contributed by atoms with Crippen molar-refractivity contribution in [3.05, 3.63) is 58.6 Å². The summed E-state index contributed by atoms with van der Waals surface area (Å²) in [6.07, 6.45) is 5.92. The third-order valence-corrected chi connectivity index (χ3v) is 7.22. The molecule has 6 nitrogen and oxygen atoms in total. The van der Waals surface area contributed by atoms with Crippen LogP contribution in [0, 0.1) is 0 Å². The molecule has 1 saturated carbocycles. The van der Waals surface area contributed by atoms with Crippen LogP contribution in [0.15, 0.2) is 52.5 Å². The molecule has 1 fully saturated rings. The molecule has 1 atom stereocenters. The first-order valence-electron chi connectivity index (χ1n) is 10.4. The van der Waals surface area contributed by atoms with Crippen molar-refractivity contribution >= 4 is 23.2 Å². The molecule has 2 amide bonds. The van der Waals surface area contributed by atoms with Gasteiger partial charge in [0, 0.05) is 10.9 Å². The first-order valence-corrected chi connectivity index (χ1v) is 11.3. The van der Waals surface area contributed by atoms with E-state index in [-0.39, 0.29) is 17.9 Å². The van der Waals surface area contributed by atoms with E-state index in [0.717, 1.165) is 36.3 Å². The van der Waals surface area contributed by atoms with Crippen LogP contribution in [0.4, 0.5) is 0 Å². The first-order chi connectivity index (χ1) is 14.6. The number of carbonyl (C=O) groups is 2. The average Bonchev–Trinajstić information content (AvgIpc) is 3.53. The van der Waals surface area contributed by atoms with Crippen molar-refractivity contribution in [1.29, 1.82) is 0 Å². The van der Waals surface area contributed by atoms with Crippen molar-refractivity contribution in [3.63, 3.8) is 0 Å². The van der Waals surface area contributed by atoms with E-state index in [1.54, 1.807) is 22.5 Å². The Morgan fingerprint density at radius 3 is 2.70 bits per heavy atom.